The molecule has 3 nitrogen and oxygen atoms in total. The first-order valence-electron chi connectivity index (χ1n) is 6.37. The fourth-order valence-electron chi connectivity index (χ4n) is 1.98. The van der Waals surface area contributed by atoms with Gasteiger partial charge in [0.25, 0.3) is 0 Å². The molecule has 0 heterocycles. The number of hydrogen-bond donors (Lipinski definition) is 2. The lowest BCUT2D eigenvalue weighted by Crippen LogP contribution is -2.23. The lowest BCUT2D eigenvalue weighted by molar-refractivity contribution is -0.117. The predicted molar refractivity (Wildman–Crippen MR) is 76.7 cm³/mol. The van der Waals surface area contributed by atoms with Crippen LogP contribution < -0.4 is 11.1 Å². The van der Waals surface area contributed by atoms with Gasteiger partial charge in [0.15, 0.2) is 0 Å². The Labute approximate surface area is 118 Å². The van der Waals surface area contributed by atoms with Crippen molar-refractivity contribution in [2.24, 2.45) is 17.6 Å². The van der Waals surface area contributed by atoms with Crippen LogP contribution in [0.1, 0.15) is 26.7 Å². The van der Waals surface area contributed by atoms with Crippen LogP contribution in [0.25, 0.3) is 0 Å². The van der Waals surface area contributed by atoms with Gasteiger partial charge >= 0.3 is 0 Å². The van der Waals surface area contributed by atoms with Crippen molar-refractivity contribution < 1.29 is 9.18 Å². The molecule has 0 aliphatic heterocycles. The third-order valence-electron chi connectivity index (χ3n) is 2.82. The summed E-state index contributed by atoms with van der Waals surface area (Å²) in [4.78, 5) is 11.9. The molecule has 0 saturated heterocycles. The molecule has 1 rings (SSSR count). The van der Waals surface area contributed by atoms with Gasteiger partial charge in [0.1, 0.15) is 5.82 Å². The maximum absolute atomic E-state index is 13.0. The molecule has 0 spiro atoms. The highest BCUT2D eigenvalue weighted by atomic mass is 35.5. The average Bonchev–Trinajstić information content (AvgIpc) is 2.32. The Kier molecular flexibility index (Phi) is 6.25. The lowest BCUT2D eigenvalue weighted by Gasteiger charge is -2.16. The van der Waals surface area contributed by atoms with Crippen LogP contribution >= 0.6 is 11.6 Å². The molecule has 0 bridgehead atoms. The standard InChI is InChI=1S/C14H20ClFN2O/c1-9(2)5-10(8-17)6-14(19)18-11-3-4-13(16)12(15)7-11/h3-4,7,9-10H,5-6,8,17H2,1-2H3,(H,18,19)/t10-/m0/s1. The minimum absolute atomic E-state index is 0.00430. The summed E-state index contributed by atoms with van der Waals surface area (Å²) in [6, 6.07) is 4.11. The summed E-state index contributed by atoms with van der Waals surface area (Å²) < 4.78 is 13.0. The van der Waals surface area contributed by atoms with E-state index in [4.69, 9.17) is 17.3 Å². The molecule has 5 heteroatoms. The number of nitrogens with one attached hydrogen (secondary N) is 1. The second kappa shape index (κ2) is 7.46. The maximum Gasteiger partial charge on any atom is 0.224 e. The quantitative estimate of drug-likeness (QED) is 0.842. The van der Waals surface area contributed by atoms with Gasteiger partial charge in [-0.25, -0.2) is 4.39 Å². The van der Waals surface area contributed by atoms with E-state index in [2.05, 4.69) is 19.2 Å². The minimum Gasteiger partial charge on any atom is -0.330 e. The van der Waals surface area contributed by atoms with Gasteiger partial charge in [-0.05, 0) is 43.0 Å². The summed E-state index contributed by atoms with van der Waals surface area (Å²) in [6.45, 7) is 4.68. The topological polar surface area (TPSA) is 55.1 Å². The number of amides is 1. The third-order valence-corrected chi connectivity index (χ3v) is 3.11. The molecule has 1 atom stereocenters. The number of halogens is 2. The van der Waals surface area contributed by atoms with E-state index in [0.717, 1.165) is 6.42 Å². The Bertz CT molecular complexity index is 437. The number of rotatable bonds is 6. The molecule has 106 valence electrons. The Balaban J connectivity index is 2.56. The lowest BCUT2D eigenvalue weighted by atomic mass is 9.94. The summed E-state index contributed by atoms with van der Waals surface area (Å²) in [7, 11) is 0. The molecule has 0 aliphatic carbocycles. The molecular weight excluding hydrogens is 267 g/mol. The normalized spacial score (nSPS) is 12.5. The minimum atomic E-state index is -0.501. The van der Waals surface area contributed by atoms with E-state index in [9.17, 15) is 9.18 Å². The predicted octanol–water partition coefficient (Wildman–Crippen LogP) is 3.43. The Hall–Kier alpha value is -1.13. The molecule has 0 aliphatic rings. The summed E-state index contributed by atoms with van der Waals surface area (Å²) in [6.07, 6.45) is 1.28. The van der Waals surface area contributed by atoms with Gasteiger partial charge in [-0.15, -0.1) is 0 Å². The summed E-state index contributed by atoms with van der Waals surface area (Å²) in [5.41, 5.74) is 6.15. The smallest absolute Gasteiger partial charge is 0.224 e. The second-order valence-electron chi connectivity index (χ2n) is 5.11. The zero-order chi connectivity index (χ0) is 14.4. The third kappa shape index (κ3) is 5.57. The van der Waals surface area contributed by atoms with E-state index in [1.807, 2.05) is 0 Å². The second-order valence-corrected chi connectivity index (χ2v) is 5.52. The first-order valence-corrected chi connectivity index (χ1v) is 6.75. The Morgan fingerprint density at radius 1 is 1.47 bits per heavy atom. The van der Waals surface area contributed by atoms with E-state index in [1.54, 1.807) is 0 Å². The molecule has 0 fully saturated rings. The van der Waals surface area contributed by atoms with E-state index in [-0.39, 0.29) is 16.8 Å². The monoisotopic (exact) mass is 286 g/mol. The van der Waals surface area contributed by atoms with Crippen molar-refractivity contribution in [3.63, 3.8) is 0 Å². The fourth-order valence-corrected chi connectivity index (χ4v) is 2.16. The Morgan fingerprint density at radius 2 is 2.16 bits per heavy atom. The zero-order valence-electron chi connectivity index (χ0n) is 11.2. The van der Waals surface area contributed by atoms with Crippen molar-refractivity contribution in [1.82, 2.24) is 0 Å². The molecule has 1 aromatic rings. The highest BCUT2D eigenvalue weighted by Crippen LogP contribution is 2.20. The van der Waals surface area contributed by atoms with Crippen molar-refractivity contribution in [3.8, 4) is 0 Å². The molecule has 1 aromatic carbocycles. The van der Waals surface area contributed by atoms with Crippen LogP contribution in [-0.2, 0) is 4.79 Å². The van der Waals surface area contributed by atoms with E-state index >= 15 is 0 Å². The Morgan fingerprint density at radius 3 is 2.68 bits per heavy atom. The number of hydrogen-bond acceptors (Lipinski definition) is 2. The van der Waals surface area contributed by atoms with Crippen LogP contribution in [0, 0.1) is 17.7 Å². The number of anilines is 1. The molecule has 0 radical (unpaired) electrons. The van der Waals surface area contributed by atoms with E-state index in [0.29, 0.717) is 24.6 Å². The van der Waals surface area contributed by atoms with Gasteiger partial charge in [-0.1, -0.05) is 25.4 Å². The first kappa shape index (κ1) is 15.9. The number of nitrogens with two attached hydrogens (primary N) is 1. The van der Waals surface area contributed by atoms with Crippen molar-refractivity contribution in [1.29, 1.82) is 0 Å². The van der Waals surface area contributed by atoms with Gasteiger partial charge in [0.2, 0.25) is 5.91 Å². The number of carbonyl (C=O) groups is 1. The van der Waals surface area contributed by atoms with Crippen LogP contribution in [0.15, 0.2) is 18.2 Å². The molecular formula is C14H20ClFN2O. The summed E-state index contributed by atoms with van der Waals surface area (Å²) in [5.74, 6) is 0.0376. The fraction of sp³-hybridized carbons (Fsp3) is 0.500. The molecule has 0 saturated carbocycles. The summed E-state index contributed by atoms with van der Waals surface area (Å²) >= 11 is 5.65. The van der Waals surface area contributed by atoms with E-state index < -0.39 is 5.82 Å². The first-order chi connectivity index (χ1) is 8.92. The van der Waals surface area contributed by atoms with Crippen LogP contribution in [0.4, 0.5) is 10.1 Å². The molecule has 19 heavy (non-hydrogen) atoms. The van der Waals surface area contributed by atoms with Crippen molar-refractivity contribution in [2.45, 2.75) is 26.7 Å². The van der Waals surface area contributed by atoms with Gasteiger partial charge in [0, 0.05) is 12.1 Å². The van der Waals surface area contributed by atoms with Gasteiger partial charge < -0.3 is 11.1 Å². The van der Waals surface area contributed by atoms with Crippen LogP contribution in [0.3, 0.4) is 0 Å². The number of benzene rings is 1. The van der Waals surface area contributed by atoms with Crippen LogP contribution in [0.2, 0.25) is 5.02 Å². The van der Waals surface area contributed by atoms with E-state index in [1.165, 1.54) is 18.2 Å². The number of carbonyl (C=O) groups excluding carboxylic acids is 1. The van der Waals surface area contributed by atoms with Crippen LogP contribution in [0.5, 0.6) is 0 Å². The maximum atomic E-state index is 13.0. The zero-order valence-corrected chi connectivity index (χ0v) is 12.0. The van der Waals surface area contributed by atoms with Crippen molar-refractivity contribution >= 4 is 23.2 Å². The van der Waals surface area contributed by atoms with Crippen molar-refractivity contribution in [3.05, 3.63) is 29.0 Å². The SMILES string of the molecule is CC(C)C[C@H](CN)CC(=O)Nc1ccc(F)c(Cl)c1. The highest BCUT2D eigenvalue weighted by molar-refractivity contribution is 6.31. The van der Waals surface area contributed by atoms with Crippen molar-refractivity contribution in [2.75, 3.05) is 11.9 Å². The van der Waals surface area contributed by atoms with Gasteiger partial charge in [-0.3, -0.25) is 4.79 Å². The van der Waals surface area contributed by atoms with Crippen LogP contribution in [-0.4, -0.2) is 12.5 Å². The van der Waals surface area contributed by atoms with Gasteiger partial charge in [-0.2, -0.15) is 0 Å². The van der Waals surface area contributed by atoms with Gasteiger partial charge in [0.05, 0.1) is 5.02 Å². The highest BCUT2D eigenvalue weighted by Gasteiger charge is 2.14. The molecule has 3 N–H and O–H groups in total. The summed E-state index contributed by atoms with van der Waals surface area (Å²) in [5, 5.41) is 2.70. The molecule has 0 unspecified atom stereocenters. The average molecular weight is 287 g/mol. The molecule has 0 aromatic heterocycles. The largest absolute Gasteiger partial charge is 0.330 e. The molecule has 1 amide bonds.